The van der Waals surface area contributed by atoms with Crippen molar-refractivity contribution in [2.45, 2.75) is 6.54 Å². The number of carbonyl (C=O) groups is 1. The molecule has 4 heteroatoms. The summed E-state index contributed by atoms with van der Waals surface area (Å²) in [6.07, 6.45) is 0. The SMILES string of the molecule is CN(Cc1ccc(C#N)cc1)C(=O)CCl. The fraction of sp³-hybridized carbons (Fsp3) is 0.273. The Balaban J connectivity index is 2.66. The topological polar surface area (TPSA) is 44.1 Å². The molecule has 0 heterocycles. The normalized spacial score (nSPS) is 9.40. The number of hydrogen-bond acceptors (Lipinski definition) is 2. The Morgan fingerprint density at radius 2 is 2.07 bits per heavy atom. The average molecular weight is 223 g/mol. The van der Waals surface area contributed by atoms with Crippen molar-refractivity contribution in [1.29, 1.82) is 5.26 Å². The summed E-state index contributed by atoms with van der Waals surface area (Å²) < 4.78 is 0. The summed E-state index contributed by atoms with van der Waals surface area (Å²) in [6, 6.07) is 9.16. The van der Waals surface area contributed by atoms with Gasteiger partial charge in [0, 0.05) is 13.6 Å². The first kappa shape index (κ1) is 11.5. The summed E-state index contributed by atoms with van der Waals surface area (Å²) in [5.74, 6) is -0.117. The molecular formula is C11H11ClN2O. The summed E-state index contributed by atoms with van der Waals surface area (Å²) in [4.78, 5) is 12.7. The van der Waals surface area contributed by atoms with Crippen molar-refractivity contribution in [2.75, 3.05) is 12.9 Å². The van der Waals surface area contributed by atoms with E-state index in [1.54, 1.807) is 24.1 Å². The Labute approximate surface area is 93.9 Å². The third kappa shape index (κ3) is 3.26. The molecule has 1 aromatic carbocycles. The first-order valence-corrected chi connectivity index (χ1v) is 5.00. The maximum Gasteiger partial charge on any atom is 0.237 e. The van der Waals surface area contributed by atoms with Crippen LogP contribution >= 0.6 is 11.6 Å². The van der Waals surface area contributed by atoms with Crippen molar-refractivity contribution in [1.82, 2.24) is 4.90 Å². The van der Waals surface area contributed by atoms with E-state index in [1.165, 1.54) is 0 Å². The third-order valence-electron chi connectivity index (χ3n) is 2.04. The van der Waals surface area contributed by atoms with Gasteiger partial charge in [0.05, 0.1) is 11.6 Å². The lowest BCUT2D eigenvalue weighted by atomic mass is 10.1. The molecule has 0 saturated heterocycles. The van der Waals surface area contributed by atoms with Crippen LogP contribution in [0.25, 0.3) is 0 Å². The molecule has 0 aliphatic rings. The highest BCUT2D eigenvalue weighted by Gasteiger charge is 2.06. The average Bonchev–Trinajstić information content (AvgIpc) is 2.29. The van der Waals surface area contributed by atoms with Gasteiger partial charge in [-0.15, -0.1) is 11.6 Å². The zero-order valence-corrected chi connectivity index (χ0v) is 9.16. The maximum absolute atomic E-state index is 11.2. The van der Waals surface area contributed by atoms with Crippen LogP contribution in [-0.4, -0.2) is 23.7 Å². The minimum atomic E-state index is -0.110. The predicted molar refractivity (Wildman–Crippen MR) is 58.4 cm³/mol. The molecule has 0 aliphatic carbocycles. The van der Waals surface area contributed by atoms with Gasteiger partial charge in [0.15, 0.2) is 0 Å². The largest absolute Gasteiger partial charge is 0.340 e. The van der Waals surface area contributed by atoms with Crippen LogP contribution in [0.1, 0.15) is 11.1 Å². The Morgan fingerprint density at radius 1 is 1.47 bits per heavy atom. The molecule has 1 aromatic rings. The molecule has 0 aromatic heterocycles. The summed E-state index contributed by atoms with van der Waals surface area (Å²) >= 11 is 5.43. The van der Waals surface area contributed by atoms with E-state index in [-0.39, 0.29) is 11.8 Å². The summed E-state index contributed by atoms with van der Waals surface area (Å²) in [5.41, 5.74) is 1.60. The number of rotatable bonds is 3. The van der Waals surface area contributed by atoms with E-state index in [9.17, 15) is 4.79 Å². The number of benzene rings is 1. The summed E-state index contributed by atoms with van der Waals surface area (Å²) in [5, 5.41) is 8.60. The first-order valence-electron chi connectivity index (χ1n) is 4.46. The van der Waals surface area contributed by atoms with E-state index in [0.717, 1.165) is 5.56 Å². The van der Waals surface area contributed by atoms with Gasteiger partial charge < -0.3 is 4.90 Å². The summed E-state index contributed by atoms with van der Waals surface area (Å²) in [6.45, 7) is 0.511. The Kier molecular flexibility index (Phi) is 4.14. The number of amides is 1. The monoisotopic (exact) mass is 222 g/mol. The van der Waals surface area contributed by atoms with E-state index < -0.39 is 0 Å². The van der Waals surface area contributed by atoms with Crippen LogP contribution in [-0.2, 0) is 11.3 Å². The molecule has 0 aliphatic heterocycles. The van der Waals surface area contributed by atoms with Crippen molar-refractivity contribution in [3.8, 4) is 6.07 Å². The molecule has 0 bridgehead atoms. The Morgan fingerprint density at radius 3 is 2.53 bits per heavy atom. The minimum absolute atomic E-state index is 0.00716. The summed E-state index contributed by atoms with van der Waals surface area (Å²) in [7, 11) is 1.70. The number of carbonyl (C=O) groups excluding carboxylic acids is 1. The molecule has 0 saturated carbocycles. The number of nitrogens with zero attached hydrogens (tertiary/aromatic N) is 2. The maximum atomic E-state index is 11.2. The number of halogens is 1. The molecule has 78 valence electrons. The molecule has 1 amide bonds. The van der Waals surface area contributed by atoms with Gasteiger partial charge in [0.2, 0.25) is 5.91 Å². The molecule has 1 rings (SSSR count). The van der Waals surface area contributed by atoms with Crippen LogP contribution < -0.4 is 0 Å². The fourth-order valence-corrected chi connectivity index (χ4v) is 1.35. The lowest BCUT2D eigenvalue weighted by Gasteiger charge is -2.15. The minimum Gasteiger partial charge on any atom is -0.340 e. The molecule has 0 spiro atoms. The zero-order valence-electron chi connectivity index (χ0n) is 8.40. The number of alkyl halides is 1. The molecule has 0 unspecified atom stereocenters. The van der Waals surface area contributed by atoms with Gasteiger partial charge in [-0.1, -0.05) is 12.1 Å². The van der Waals surface area contributed by atoms with Gasteiger partial charge in [-0.2, -0.15) is 5.26 Å². The standard InChI is InChI=1S/C11H11ClN2O/c1-14(11(15)6-12)8-10-4-2-9(7-13)3-5-10/h2-5H,6,8H2,1H3. The first-order chi connectivity index (χ1) is 7.17. The van der Waals surface area contributed by atoms with Gasteiger partial charge in [0.25, 0.3) is 0 Å². The highest BCUT2D eigenvalue weighted by atomic mass is 35.5. The number of nitriles is 1. The van der Waals surface area contributed by atoms with Crippen LogP contribution in [0.2, 0.25) is 0 Å². The van der Waals surface area contributed by atoms with Crippen LogP contribution in [0.15, 0.2) is 24.3 Å². The molecule has 0 radical (unpaired) electrons. The van der Waals surface area contributed by atoms with Crippen LogP contribution in [0.3, 0.4) is 0 Å². The second kappa shape index (κ2) is 5.38. The van der Waals surface area contributed by atoms with E-state index in [2.05, 4.69) is 0 Å². The highest BCUT2D eigenvalue weighted by molar-refractivity contribution is 6.27. The molecule has 0 atom stereocenters. The fourth-order valence-electron chi connectivity index (χ4n) is 1.15. The van der Waals surface area contributed by atoms with Crippen molar-refractivity contribution >= 4 is 17.5 Å². The van der Waals surface area contributed by atoms with Gasteiger partial charge >= 0.3 is 0 Å². The van der Waals surface area contributed by atoms with Crippen LogP contribution in [0.4, 0.5) is 0 Å². The smallest absolute Gasteiger partial charge is 0.237 e. The van der Waals surface area contributed by atoms with E-state index in [0.29, 0.717) is 12.1 Å². The third-order valence-corrected chi connectivity index (χ3v) is 2.27. The molecule has 3 nitrogen and oxygen atoms in total. The van der Waals surface area contributed by atoms with Crippen molar-refractivity contribution in [3.05, 3.63) is 35.4 Å². The quantitative estimate of drug-likeness (QED) is 0.732. The Hall–Kier alpha value is -1.53. The van der Waals surface area contributed by atoms with E-state index in [1.807, 2.05) is 18.2 Å². The van der Waals surface area contributed by atoms with Crippen molar-refractivity contribution in [2.24, 2.45) is 0 Å². The number of hydrogen-bond donors (Lipinski definition) is 0. The zero-order chi connectivity index (χ0) is 11.3. The van der Waals surface area contributed by atoms with Crippen molar-refractivity contribution < 1.29 is 4.79 Å². The van der Waals surface area contributed by atoms with Gasteiger partial charge in [-0.05, 0) is 17.7 Å². The van der Waals surface area contributed by atoms with E-state index in [4.69, 9.17) is 16.9 Å². The lowest BCUT2D eigenvalue weighted by molar-refractivity contribution is -0.127. The highest BCUT2D eigenvalue weighted by Crippen LogP contribution is 2.06. The predicted octanol–water partition coefficient (Wildman–Crippen LogP) is 1.76. The Bertz CT molecular complexity index is 381. The van der Waals surface area contributed by atoms with Crippen LogP contribution in [0, 0.1) is 11.3 Å². The van der Waals surface area contributed by atoms with Gasteiger partial charge in [-0.3, -0.25) is 4.79 Å². The molecular weight excluding hydrogens is 212 g/mol. The lowest BCUT2D eigenvalue weighted by Crippen LogP contribution is -2.26. The van der Waals surface area contributed by atoms with Gasteiger partial charge in [-0.25, -0.2) is 0 Å². The second-order valence-electron chi connectivity index (χ2n) is 3.19. The molecule has 0 fully saturated rings. The van der Waals surface area contributed by atoms with Gasteiger partial charge in [0.1, 0.15) is 5.88 Å². The van der Waals surface area contributed by atoms with E-state index >= 15 is 0 Å². The van der Waals surface area contributed by atoms with Crippen molar-refractivity contribution in [3.63, 3.8) is 0 Å². The molecule has 0 N–H and O–H groups in total. The molecule has 15 heavy (non-hydrogen) atoms. The van der Waals surface area contributed by atoms with Crippen LogP contribution in [0.5, 0.6) is 0 Å². The second-order valence-corrected chi connectivity index (χ2v) is 3.46.